The van der Waals surface area contributed by atoms with Crippen molar-refractivity contribution in [2.75, 3.05) is 0 Å². The highest BCUT2D eigenvalue weighted by Gasteiger charge is 2.52. The Bertz CT molecular complexity index is 907. The molecule has 8 saturated carbocycles. The van der Waals surface area contributed by atoms with Crippen molar-refractivity contribution in [2.45, 2.75) is 97.7 Å². The molecule has 8 bridgehead atoms. The van der Waals surface area contributed by atoms with E-state index in [9.17, 15) is 0 Å². The van der Waals surface area contributed by atoms with Gasteiger partial charge in [-0.2, -0.15) is 0 Å². The molecule has 0 heterocycles. The largest absolute Gasteiger partial charge is 0.0573 e. The molecule has 0 amide bonds. The summed E-state index contributed by atoms with van der Waals surface area (Å²) in [6.07, 6.45) is 18.0. The molecule has 34 heavy (non-hydrogen) atoms. The van der Waals surface area contributed by atoms with Crippen LogP contribution in [0.5, 0.6) is 0 Å². The van der Waals surface area contributed by atoms with Crippen molar-refractivity contribution >= 4 is 21.6 Å². The summed E-state index contributed by atoms with van der Waals surface area (Å²) < 4.78 is 0. The van der Waals surface area contributed by atoms with E-state index in [4.69, 9.17) is 0 Å². The van der Waals surface area contributed by atoms with Gasteiger partial charge in [0.25, 0.3) is 0 Å². The molecule has 8 aliphatic carbocycles. The molecule has 8 aliphatic rings. The molecule has 0 spiro atoms. The third-order valence-electron chi connectivity index (χ3n) is 11.2. The predicted molar refractivity (Wildman–Crippen MR) is 144 cm³/mol. The van der Waals surface area contributed by atoms with Crippen LogP contribution in [0.15, 0.2) is 58.3 Å². The highest BCUT2D eigenvalue weighted by molar-refractivity contribution is 8.76. The molecule has 8 fully saturated rings. The van der Waals surface area contributed by atoms with Crippen LogP contribution in [-0.2, 0) is 10.8 Å². The van der Waals surface area contributed by atoms with Gasteiger partial charge in [0.1, 0.15) is 0 Å². The Balaban J connectivity index is 0.940. The van der Waals surface area contributed by atoms with Crippen molar-refractivity contribution < 1.29 is 0 Å². The lowest BCUT2D eigenvalue weighted by atomic mass is 9.48. The highest BCUT2D eigenvalue weighted by atomic mass is 33.1. The first-order valence-electron chi connectivity index (χ1n) is 14.2. The maximum absolute atomic E-state index is 2.49. The lowest BCUT2D eigenvalue weighted by Crippen LogP contribution is -2.48. The second kappa shape index (κ2) is 7.82. The third-order valence-corrected chi connectivity index (χ3v) is 13.7. The van der Waals surface area contributed by atoms with Crippen molar-refractivity contribution in [3.8, 4) is 0 Å². The van der Waals surface area contributed by atoms with Gasteiger partial charge in [-0.3, -0.25) is 0 Å². The van der Waals surface area contributed by atoms with Crippen LogP contribution in [0.25, 0.3) is 0 Å². The van der Waals surface area contributed by atoms with E-state index in [0.717, 1.165) is 35.5 Å². The van der Waals surface area contributed by atoms with E-state index < -0.39 is 0 Å². The summed E-state index contributed by atoms with van der Waals surface area (Å²) in [5.74, 6) is 6.15. The van der Waals surface area contributed by atoms with E-state index in [1.165, 1.54) is 86.8 Å². The van der Waals surface area contributed by atoms with Crippen molar-refractivity contribution in [3.63, 3.8) is 0 Å². The lowest BCUT2D eigenvalue weighted by molar-refractivity contribution is -0.00533. The first-order chi connectivity index (χ1) is 16.6. The van der Waals surface area contributed by atoms with E-state index in [-0.39, 0.29) is 0 Å². The predicted octanol–water partition coefficient (Wildman–Crippen LogP) is 9.42. The molecule has 0 nitrogen and oxygen atoms in total. The summed E-state index contributed by atoms with van der Waals surface area (Å²) in [4.78, 5) is 2.81. The second-order valence-electron chi connectivity index (χ2n) is 13.6. The first-order valence-corrected chi connectivity index (χ1v) is 16.3. The Morgan fingerprint density at radius 2 is 0.676 bits per heavy atom. The number of hydrogen-bond donors (Lipinski definition) is 0. The fourth-order valence-electron chi connectivity index (χ4n) is 10.8. The van der Waals surface area contributed by atoms with Gasteiger partial charge in [-0.1, -0.05) is 45.9 Å². The van der Waals surface area contributed by atoms with E-state index in [0.29, 0.717) is 10.8 Å². The fourth-order valence-corrected chi connectivity index (χ4v) is 12.7. The molecule has 0 N–H and O–H groups in total. The van der Waals surface area contributed by atoms with Gasteiger partial charge >= 0.3 is 0 Å². The second-order valence-corrected chi connectivity index (χ2v) is 15.9. The van der Waals surface area contributed by atoms with Gasteiger partial charge in [-0.15, -0.1) is 0 Å². The van der Waals surface area contributed by atoms with Crippen LogP contribution in [-0.4, -0.2) is 0 Å². The zero-order valence-corrected chi connectivity index (χ0v) is 22.0. The van der Waals surface area contributed by atoms with Gasteiger partial charge in [-0.25, -0.2) is 0 Å². The molecule has 2 heteroatoms. The molecule has 0 aromatic heterocycles. The molecule has 10 rings (SSSR count). The SMILES string of the molecule is c1cc(C23CC4CC(CC(C4)C2)C3)ccc1SSc1ccc(C23CC4CC(CC(C4)C2)C3)cc1. The Morgan fingerprint density at radius 1 is 0.412 bits per heavy atom. The Morgan fingerprint density at radius 3 is 0.941 bits per heavy atom. The highest BCUT2D eigenvalue weighted by Crippen LogP contribution is 2.62. The van der Waals surface area contributed by atoms with Crippen molar-refractivity contribution in [3.05, 3.63) is 59.7 Å². The number of rotatable bonds is 5. The van der Waals surface area contributed by atoms with Crippen LogP contribution in [0.3, 0.4) is 0 Å². The fraction of sp³-hybridized carbons (Fsp3) is 0.625. The Kier molecular flexibility index (Phi) is 4.89. The van der Waals surface area contributed by atoms with Gasteiger partial charge in [0, 0.05) is 9.79 Å². The molecule has 0 atom stereocenters. The monoisotopic (exact) mass is 486 g/mol. The average Bonchev–Trinajstić information content (AvgIpc) is 2.82. The minimum absolute atomic E-state index is 0.526. The van der Waals surface area contributed by atoms with E-state index in [1.54, 1.807) is 11.1 Å². The maximum Gasteiger partial charge on any atom is 0.0186 e. The molecular weight excluding hydrogens is 448 g/mol. The normalized spacial score (nSPS) is 43.5. The molecular formula is C32H38S2. The summed E-state index contributed by atoms with van der Waals surface area (Å²) in [7, 11) is 3.88. The quantitative estimate of drug-likeness (QED) is 0.386. The van der Waals surface area contributed by atoms with Gasteiger partial charge in [0.15, 0.2) is 0 Å². The van der Waals surface area contributed by atoms with Crippen molar-refractivity contribution in [1.29, 1.82) is 0 Å². The van der Waals surface area contributed by atoms with E-state index >= 15 is 0 Å². The Labute approximate surface area is 213 Å². The van der Waals surface area contributed by atoms with Crippen LogP contribution in [0.2, 0.25) is 0 Å². The molecule has 2 aromatic rings. The van der Waals surface area contributed by atoms with Crippen LogP contribution in [0.4, 0.5) is 0 Å². The number of benzene rings is 2. The molecule has 2 aromatic carbocycles. The zero-order valence-electron chi connectivity index (χ0n) is 20.4. The average molecular weight is 487 g/mol. The zero-order chi connectivity index (χ0) is 22.3. The summed E-state index contributed by atoms with van der Waals surface area (Å²) in [5, 5.41) is 0. The van der Waals surface area contributed by atoms with Gasteiger partial charge in [-0.05, 0) is 159 Å². The molecule has 0 aliphatic heterocycles. The van der Waals surface area contributed by atoms with Gasteiger partial charge in [0.2, 0.25) is 0 Å². The minimum atomic E-state index is 0.526. The van der Waals surface area contributed by atoms with Crippen molar-refractivity contribution in [1.82, 2.24) is 0 Å². The van der Waals surface area contributed by atoms with Gasteiger partial charge in [0.05, 0.1) is 0 Å². The summed E-state index contributed by atoms with van der Waals surface area (Å²) >= 11 is 0. The number of hydrogen-bond acceptors (Lipinski definition) is 2. The molecule has 0 saturated heterocycles. The van der Waals surface area contributed by atoms with Crippen LogP contribution >= 0.6 is 21.6 Å². The molecule has 0 radical (unpaired) electrons. The Hall–Kier alpha value is -0.860. The van der Waals surface area contributed by atoms with E-state index in [2.05, 4.69) is 48.5 Å². The standard InChI is InChI=1S/C32H38S2/c1-5-29(6-2-27(1)31-15-21-9-22(16-31)11-23(10-21)17-31)33-34-30-7-3-28(4-8-30)32-18-24-12-25(19-32)14-26(13-24)20-32/h1-8,21-26H,9-20H2. The third kappa shape index (κ3) is 3.48. The summed E-state index contributed by atoms with van der Waals surface area (Å²) in [6.45, 7) is 0. The lowest BCUT2D eigenvalue weighted by Gasteiger charge is -2.57. The van der Waals surface area contributed by atoms with Crippen LogP contribution in [0.1, 0.15) is 88.2 Å². The first kappa shape index (κ1) is 21.2. The molecule has 0 unspecified atom stereocenters. The van der Waals surface area contributed by atoms with E-state index in [1.807, 2.05) is 21.6 Å². The summed E-state index contributed by atoms with van der Waals surface area (Å²) in [5.41, 5.74) is 4.36. The minimum Gasteiger partial charge on any atom is -0.0573 e. The maximum atomic E-state index is 2.49. The van der Waals surface area contributed by atoms with Crippen LogP contribution in [0, 0.1) is 35.5 Å². The topological polar surface area (TPSA) is 0 Å². The van der Waals surface area contributed by atoms with Crippen LogP contribution < -0.4 is 0 Å². The van der Waals surface area contributed by atoms with Crippen molar-refractivity contribution in [2.24, 2.45) is 35.5 Å². The smallest absolute Gasteiger partial charge is 0.0186 e. The van der Waals surface area contributed by atoms with Gasteiger partial charge < -0.3 is 0 Å². The molecule has 178 valence electrons. The summed E-state index contributed by atoms with van der Waals surface area (Å²) in [6, 6.07) is 19.6.